The maximum atomic E-state index is 7.96. The standard InChI is InChI=1S/C14H14N6O/c1-2-4-12(5-3-1)20-9-11(16-19-20)8-15-14-18-17-13(21-14)10-6-7-10/h1-5,9-10H,6-8H2,(H,15,18)/i1D,2D,3D,4D,5D. The monoisotopic (exact) mass is 287 g/mol. The highest BCUT2D eigenvalue weighted by Crippen LogP contribution is 2.39. The van der Waals surface area contributed by atoms with Crippen LogP contribution in [0.3, 0.4) is 0 Å². The minimum absolute atomic E-state index is 0.0523. The average molecular weight is 287 g/mol. The van der Waals surface area contributed by atoms with Crippen LogP contribution in [0.2, 0.25) is 0 Å². The number of aromatic nitrogens is 5. The Bertz CT molecular complexity index is 953. The maximum absolute atomic E-state index is 7.96. The lowest BCUT2D eigenvalue weighted by molar-refractivity contribution is 0.506. The molecule has 2 heterocycles. The SMILES string of the molecule is [2H]c1c([2H])c([2H])c(-n2cc(CNc3nnc(C4CC4)o3)nn2)c([2H])c1[2H]. The number of benzene rings is 1. The average Bonchev–Trinajstić information content (AvgIpc) is 3.19. The predicted molar refractivity (Wildman–Crippen MR) is 75.0 cm³/mol. The van der Waals surface area contributed by atoms with E-state index in [-0.39, 0.29) is 30.3 Å². The lowest BCUT2D eigenvalue weighted by Crippen LogP contribution is -1.99. The van der Waals surface area contributed by atoms with E-state index in [0.29, 0.717) is 17.5 Å². The van der Waals surface area contributed by atoms with Gasteiger partial charge in [0.25, 0.3) is 0 Å². The summed E-state index contributed by atoms with van der Waals surface area (Å²) in [7, 11) is 0. The van der Waals surface area contributed by atoms with Crippen molar-refractivity contribution in [2.45, 2.75) is 25.3 Å². The summed E-state index contributed by atoms with van der Waals surface area (Å²) in [5.41, 5.74) is 0.437. The van der Waals surface area contributed by atoms with Gasteiger partial charge >= 0.3 is 6.01 Å². The molecule has 1 saturated carbocycles. The molecule has 1 aliphatic rings. The van der Waals surface area contributed by atoms with Gasteiger partial charge < -0.3 is 9.73 Å². The van der Waals surface area contributed by atoms with Gasteiger partial charge in [-0.2, -0.15) is 0 Å². The molecule has 0 atom stereocenters. The fourth-order valence-corrected chi connectivity index (χ4v) is 1.81. The largest absolute Gasteiger partial charge is 0.408 e. The molecule has 21 heavy (non-hydrogen) atoms. The molecule has 1 fully saturated rings. The first-order chi connectivity index (χ1) is 12.5. The first-order valence-corrected chi connectivity index (χ1v) is 6.51. The second-order valence-corrected chi connectivity index (χ2v) is 4.70. The smallest absolute Gasteiger partial charge is 0.315 e. The summed E-state index contributed by atoms with van der Waals surface area (Å²) < 4.78 is 45.6. The van der Waals surface area contributed by atoms with E-state index >= 15 is 0 Å². The zero-order chi connectivity index (χ0) is 18.4. The van der Waals surface area contributed by atoms with Gasteiger partial charge in [-0.15, -0.1) is 10.2 Å². The molecule has 0 unspecified atom stereocenters. The zero-order valence-electron chi connectivity index (χ0n) is 15.9. The minimum Gasteiger partial charge on any atom is -0.408 e. The molecule has 0 spiro atoms. The van der Waals surface area contributed by atoms with Gasteiger partial charge in [0.15, 0.2) is 0 Å². The normalized spacial score (nSPS) is 17.6. The van der Waals surface area contributed by atoms with Crippen LogP contribution in [-0.2, 0) is 6.54 Å². The summed E-state index contributed by atoms with van der Waals surface area (Å²) >= 11 is 0. The van der Waals surface area contributed by atoms with E-state index in [2.05, 4.69) is 25.8 Å². The van der Waals surface area contributed by atoms with Crippen LogP contribution >= 0.6 is 0 Å². The Labute approximate surface area is 128 Å². The molecule has 0 radical (unpaired) electrons. The number of para-hydroxylation sites is 1. The molecular formula is C14H14N6O. The van der Waals surface area contributed by atoms with Gasteiger partial charge in [0.1, 0.15) is 5.69 Å². The van der Waals surface area contributed by atoms with E-state index in [4.69, 9.17) is 11.3 Å². The van der Waals surface area contributed by atoms with Crippen LogP contribution in [0.1, 0.15) is 37.2 Å². The fraction of sp³-hybridized carbons (Fsp3) is 0.286. The Hall–Kier alpha value is -2.70. The van der Waals surface area contributed by atoms with Gasteiger partial charge in [0, 0.05) is 5.92 Å². The van der Waals surface area contributed by atoms with Crippen molar-refractivity contribution < 1.29 is 11.3 Å². The van der Waals surface area contributed by atoms with Gasteiger partial charge in [0.05, 0.1) is 25.3 Å². The van der Waals surface area contributed by atoms with Gasteiger partial charge in [-0.3, -0.25) is 0 Å². The highest BCUT2D eigenvalue weighted by atomic mass is 16.4. The summed E-state index contributed by atoms with van der Waals surface area (Å²) in [6.07, 6.45) is 3.61. The van der Waals surface area contributed by atoms with Crippen LogP contribution in [0.5, 0.6) is 0 Å². The van der Waals surface area contributed by atoms with Crippen molar-refractivity contribution in [3.8, 4) is 5.69 Å². The van der Waals surface area contributed by atoms with E-state index in [1.54, 1.807) is 0 Å². The number of rotatable bonds is 5. The Morgan fingerprint density at radius 2 is 2.10 bits per heavy atom. The highest BCUT2D eigenvalue weighted by Gasteiger charge is 2.29. The van der Waals surface area contributed by atoms with Crippen LogP contribution < -0.4 is 5.32 Å². The fourth-order valence-electron chi connectivity index (χ4n) is 1.81. The molecule has 2 aromatic heterocycles. The molecule has 1 aromatic carbocycles. The topological polar surface area (TPSA) is 81.7 Å². The summed E-state index contributed by atoms with van der Waals surface area (Å²) in [6, 6.07) is -1.69. The van der Waals surface area contributed by atoms with E-state index < -0.39 is 18.1 Å². The zero-order valence-corrected chi connectivity index (χ0v) is 10.9. The highest BCUT2D eigenvalue weighted by molar-refractivity contribution is 5.30. The lowest BCUT2D eigenvalue weighted by Gasteiger charge is -1.98. The van der Waals surface area contributed by atoms with Crippen molar-refractivity contribution in [3.63, 3.8) is 0 Å². The van der Waals surface area contributed by atoms with Crippen molar-refractivity contribution in [2.75, 3.05) is 5.32 Å². The second kappa shape index (κ2) is 5.01. The van der Waals surface area contributed by atoms with E-state index in [9.17, 15) is 0 Å². The van der Waals surface area contributed by atoms with Crippen molar-refractivity contribution in [2.24, 2.45) is 0 Å². The van der Waals surface area contributed by atoms with Crippen molar-refractivity contribution in [3.05, 3.63) is 48.0 Å². The maximum Gasteiger partial charge on any atom is 0.315 e. The summed E-state index contributed by atoms with van der Waals surface area (Å²) in [4.78, 5) is 0. The van der Waals surface area contributed by atoms with E-state index in [0.717, 1.165) is 12.8 Å². The minimum atomic E-state index is -0.450. The van der Waals surface area contributed by atoms with Crippen molar-refractivity contribution in [1.29, 1.82) is 0 Å². The van der Waals surface area contributed by atoms with Crippen molar-refractivity contribution in [1.82, 2.24) is 25.2 Å². The summed E-state index contributed by atoms with van der Waals surface area (Å²) in [6.45, 7) is 0.241. The predicted octanol–water partition coefficient (Wildman–Crippen LogP) is 2.14. The molecular weight excluding hydrogens is 268 g/mol. The quantitative estimate of drug-likeness (QED) is 0.774. The van der Waals surface area contributed by atoms with E-state index in [1.807, 2.05) is 0 Å². The third-order valence-electron chi connectivity index (χ3n) is 3.04. The molecule has 7 heteroatoms. The Morgan fingerprint density at radius 1 is 1.24 bits per heavy atom. The third-order valence-corrected chi connectivity index (χ3v) is 3.04. The molecule has 106 valence electrons. The Morgan fingerprint density at radius 3 is 2.90 bits per heavy atom. The first-order valence-electron chi connectivity index (χ1n) is 9.01. The van der Waals surface area contributed by atoms with Crippen LogP contribution in [0.25, 0.3) is 5.69 Å². The first kappa shape index (κ1) is 7.92. The molecule has 4 rings (SSSR count). The van der Waals surface area contributed by atoms with Crippen LogP contribution in [0, 0.1) is 0 Å². The molecule has 0 bridgehead atoms. The Balaban J connectivity index is 1.54. The number of hydrogen-bond donors (Lipinski definition) is 1. The third kappa shape index (κ3) is 2.62. The lowest BCUT2D eigenvalue weighted by atomic mass is 10.3. The van der Waals surface area contributed by atoms with Gasteiger partial charge in [-0.25, -0.2) is 4.68 Å². The molecule has 0 aliphatic heterocycles. The second-order valence-electron chi connectivity index (χ2n) is 4.70. The van der Waals surface area contributed by atoms with Crippen molar-refractivity contribution >= 4 is 6.01 Å². The number of anilines is 1. The molecule has 7 nitrogen and oxygen atoms in total. The van der Waals surface area contributed by atoms with Crippen LogP contribution in [0.15, 0.2) is 40.8 Å². The van der Waals surface area contributed by atoms with Gasteiger partial charge in [0.2, 0.25) is 5.89 Å². The molecule has 1 aliphatic carbocycles. The number of hydrogen-bond acceptors (Lipinski definition) is 6. The van der Waals surface area contributed by atoms with Gasteiger partial charge in [-0.05, 0) is 24.9 Å². The number of nitrogens with zero attached hydrogens (tertiary/aromatic N) is 5. The summed E-state index contributed by atoms with van der Waals surface area (Å²) in [5, 5.41) is 18.6. The van der Waals surface area contributed by atoms with Crippen LogP contribution in [0.4, 0.5) is 6.01 Å². The van der Waals surface area contributed by atoms with E-state index in [1.165, 1.54) is 10.9 Å². The van der Waals surface area contributed by atoms with Gasteiger partial charge in [-0.1, -0.05) is 28.4 Å². The molecule has 0 saturated heterocycles. The molecule has 1 N–H and O–H groups in total. The van der Waals surface area contributed by atoms with Crippen LogP contribution in [-0.4, -0.2) is 25.2 Å². The molecule has 3 aromatic rings. The molecule has 0 amide bonds. The number of nitrogens with one attached hydrogen (secondary N) is 1. The Kier molecular flexibility index (Phi) is 1.89. The summed E-state index contributed by atoms with van der Waals surface area (Å²) in [5.74, 6) is 0.985.